The summed E-state index contributed by atoms with van der Waals surface area (Å²) in [6, 6.07) is 14.4. The van der Waals surface area contributed by atoms with Crippen molar-refractivity contribution in [2.75, 3.05) is 6.61 Å². The van der Waals surface area contributed by atoms with Crippen LogP contribution < -0.4 is 0 Å². The van der Waals surface area contributed by atoms with Gasteiger partial charge in [0.1, 0.15) is 0 Å². The molecular formula is C15H14O2. The van der Waals surface area contributed by atoms with Crippen molar-refractivity contribution >= 4 is 16.7 Å². The molecule has 0 radical (unpaired) electrons. The molecule has 1 saturated heterocycles. The zero-order valence-electron chi connectivity index (χ0n) is 9.77. The quantitative estimate of drug-likeness (QED) is 0.698. The molecule has 2 aromatic rings. The number of rotatable bonds is 1. The molecule has 1 aliphatic heterocycles. The highest BCUT2D eigenvalue weighted by atomic mass is 16.5. The predicted octanol–water partition coefficient (Wildman–Crippen LogP) is 3.04. The summed E-state index contributed by atoms with van der Waals surface area (Å²) >= 11 is 0. The summed E-state index contributed by atoms with van der Waals surface area (Å²) in [6.45, 7) is 2.49. The van der Waals surface area contributed by atoms with Gasteiger partial charge in [0, 0.05) is 6.42 Å². The Morgan fingerprint density at radius 3 is 2.59 bits per heavy atom. The molecule has 1 heterocycles. The van der Waals surface area contributed by atoms with E-state index in [2.05, 4.69) is 24.3 Å². The molecule has 0 saturated carbocycles. The first-order valence-corrected chi connectivity index (χ1v) is 5.87. The van der Waals surface area contributed by atoms with Gasteiger partial charge in [-0.15, -0.1) is 0 Å². The smallest absolute Gasteiger partial charge is 0.316 e. The van der Waals surface area contributed by atoms with Crippen molar-refractivity contribution < 1.29 is 9.53 Å². The van der Waals surface area contributed by atoms with Gasteiger partial charge in [-0.25, -0.2) is 0 Å². The molecule has 0 aliphatic carbocycles. The Bertz CT molecular complexity index is 588. The normalized spacial score (nSPS) is 23.9. The summed E-state index contributed by atoms with van der Waals surface area (Å²) in [5.41, 5.74) is 0.586. The van der Waals surface area contributed by atoms with E-state index in [9.17, 15) is 4.79 Å². The van der Waals surface area contributed by atoms with E-state index in [1.807, 2.05) is 25.1 Å². The Hall–Kier alpha value is -1.83. The first-order chi connectivity index (χ1) is 8.20. The Morgan fingerprint density at radius 2 is 1.88 bits per heavy atom. The second kappa shape index (κ2) is 3.59. The van der Waals surface area contributed by atoms with Gasteiger partial charge >= 0.3 is 5.97 Å². The molecule has 3 rings (SSSR count). The average Bonchev–Trinajstić information content (AvgIpc) is 2.70. The highest BCUT2D eigenvalue weighted by molar-refractivity contribution is 5.88. The maximum Gasteiger partial charge on any atom is 0.316 e. The van der Waals surface area contributed by atoms with Crippen LogP contribution in [0.25, 0.3) is 10.8 Å². The van der Waals surface area contributed by atoms with Gasteiger partial charge in [-0.1, -0.05) is 42.5 Å². The van der Waals surface area contributed by atoms with Crippen molar-refractivity contribution in [3.05, 3.63) is 48.0 Å². The van der Waals surface area contributed by atoms with Crippen LogP contribution in [0.15, 0.2) is 42.5 Å². The van der Waals surface area contributed by atoms with Crippen LogP contribution in [0.5, 0.6) is 0 Å². The van der Waals surface area contributed by atoms with Crippen LogP contribution in [0.2, 0.25) is 0 Å². The van der Waals surface area contributed by atoms with E-state index in [1.165, 1.54) is 10.8 Å². The molecule has 1 fully saturated rings. The summed E-state index contributed by atoms with van der Waals surface area (Å²) in [5.74, 6) is -0.104. The molecule has 0 aromatic heterocycles. The largest absolute Gasteiger partial charge is 0.465 e. The number of hydrogen-bond donors (Lipinski definition) is 0. The highest BCUT2D eigenvalue weighted by Gasteiger charge is 2.41. The summed E-state index contributed by atoms with van der Waals surface area (Å²) in [6.07, 6.45) is 0.768. The lowest BCUT2D eigenvalue weighted by Crippen LogP contribution is -2.27. The lowest BCUT2D eigenvalue weighted by Gasteiger charge is -2.19. The van der Waals surface area contributed by atoms with Crippen molar-refractivity contribution in [3.8, 4) is 0 Å². The third-order valence-corrected chi connectivity index (χ3v) is 3.67. The fourth-order valence-corrected chi connectivity index (χ4v) is 2.40. The SMILES string of the molecule is C[C@]1(c2ccc3ccccc3c2)CCOC1=O. The van der Waals surface area contributed by atoms with Gasteiger partial charge in [0.25, 0.3) is 0 Å². The second-order valence-corrected chi connectivity index (χ2v) is 4.78. The topological polar surface area (TPSA) is 26.3 Å². The molecule has 0 spiro atoms. The van der Waals surface area contributed by atoms with Crippen LogP contribution >= 0.6 is 0 Å². The third kappa shape index (κ3) is 1.52. The number of esters is 1. The van der Waals surface area contributed by atoms with Gasteiger partial charge in [-0.3, -0.25) is 4.79 Å². The summed E-state index contributed by atoms with van der Waals surface area (Å²) in [5, 5.41) is 2.37. The number of hydrogen-bond acceptors (Lipinski definition) is 2. The number of benzene rings is 2. The molecule has 2 nitrogen and oxygen atoms in total. The fraction of sp³-hybridized carbons (Fsp3) is 0.267. The Balaban J connectivity index is 2.15. The van der Waals surface area contributed by atoms with Crippen LogP contribution in [0.1, 0.15) is 18.9 Å². The maximum absolute atomic E-state index is 11.8. The highest BCUT2D eigenvalue weighted by Crippen LogP contribution is 2.35. The van der Waals surface area contributed by atoms with E-state index in [0.717, 1.165) is 12.0 Å². The number of carbonyl (C=O) groups is 1. The van der Waals surface area contributed by atoms with Gasteiger partial charge in [-0.05, 0) is 23.3 Å². The van der Waals surface area contributed by atoms with Crippen molar-refractivity contribution in [2.45, 2.75) is 18.8 Å². The predicted molar refractivity (Wildman–Crippen MR) is 66.9 cm³/mol. The van der Waals surface area contributed by atoms with E-state index in [-0.39, 0.29) is 5.97 Å². The summed E-state index contributed by atoms with van der Waals surface area (Å²) in [7, 11) is 0. The fourth-order valence-electron chi connectivity index (χ4n) is 2.40. The van der Waals surface area contributed by atoms with Crippen molar-refractivity contribution in [1.82, 2.24) is 0 Å². The van der Waals surface area contributed by atoms with Gasteiger partial charge in [0.05, 0.1) is 12.0 Å². The van der Waals surface area contributed by atoms with E-state index in [0.29, 0.717) is 6.61 Å². The van der Waals surface area contributed by atoms with E-state index >= 15 is 0 Å². The molecule has 2 aromatic carbocycles. The van der Waals surface area contributed by atoms with Crippen molar-refractivity contribution in [2.24, 2.45) is 0 Å². The second-order valence-electron chi connectivity index (χ2n) is 4.78. The third-order valence-electron chi connectivity index (χ3n) is 3.67. The first kappa shape index (κ1) is 10.3. The summed E-state index contributed by atoms with van der Waals surface area (Å²) in [4.78, 5) is 11.8. The Labute approximate surface area is 100 Å². The van der Waals surface area contributed by atoms with E-state index in [4.69, 9.17) is 4.74 Å². The van der Waals surface area contributed by atoms with Gasteiger partial charge < -0.3 is 4.74 Å². The van der Waals surface area contributed by atoms with E-state index in [1.54, 1.807) is 0 Å². The minimum atomic E-state index is -0.468. The van der Waals surface area contributed by atoms with Crippen LogP contribution in [-0.4, -0.2) is 12.6 Å². The minimum absolute atomic E-state index is 0.104. The lowest BCUT2D eigenvalue weighted by molar-refractivity contribution is -0.142. The van der Waals surface area contributed by atoms with Crippen LogP contribution in [0.4, 0.5) is 0 Å². The minimum Gasteiger partial charge on any atom is -0.465 e. The van der Waals surface area contributed by atoms with Crippen LogP contribution in [-0.2, 0) is 14.9 Å². The molecular weight excluding hydrogens is 212 g/mol. The number of cyclic esters (lactones) is 1. The zero-order chi connectivity index (χ0) is 11.9. The maximum atomic E-state index is 11.8. The number of fused-ring (bicyclic) bond motifs is 1. The summed E-state index contributed by atoms with van der Waals surface area (Å²) < 4.78 is 5.10. The number of carbonyl (C=O) groups excluding carboxylic acids is 1. The Morgan fingerprint density at radius 1 is 1.12 bits per heavy atom. The van der Waals surface area contributed by atoms with Crippen molar-refractivity contribution in [3.63, 3.8) is 0 Å². The Kier molecular flexibility index (Phi) is 2.18. The number of ether oxygens (including phenoxy) is 1. The molecule has 0 unspecified atom stereocenters. The molecule has 1 atom stereocenters. The first-order valence-electron chi connectivity index (χ1n) is 5.87. The molecule has 17 heavy (non-hydrogen) atoms. The van der Waals surface area contributed by atoms with E-state index < -0.39 is 5.41 Å². The monoisotopic (exact) mass is 226 g/mol. The van der Waals surface area contributed by atoms with Crippen molar-refractivity contribution in [1.29, 1.82) is 0 Å². The lowest BCUT2D eigenvalue weighted by atomic mass is 9.80. The zero-order valence-corrected chi connectivity index (χ0v) is 9.77. The standard InChI is InChI=1S/C15H14O2/c1-15(8-9-17-14(15)16)13-7-6-11-4-2-3-5-12(11)10-13/h2-7,10H,8-9H2,1H3/t15-/m1/s1. The van der Waals surface area contributed by atoms with Gasteiger partial charge in [-0.2, -0.15) is 0 Å². The molecule has 0 amide bonds. The molecule has 1 aliphatic rings. The molecule has 86 valence electrons. The van der Waals surface area contributed by atoms with Crippen LogP contribution in [0, 0.1) is 0 Å². The van der Waals surface area contributed by atoms with Crippen LogP contribution in [0.3, 0.4) is 0 Å². The van der Waals surface area contributed by atoms with Gasteiger partial charge in [0.15, 0.2) is 0 Å². The molecule has 0 bridgehead atoms. The van der Waals surface area contributed by atoms with Gasteiger partial charge in [0.2, 0.25) is 0 Å². The average molecular weight is 226 g/mol. The molecule has 0 N–H and O–H groups in total. The molecule has 2 heteroatoms.